The second-order valence-corrected chi connectivity index (χ2v) is 6.08. The van der Waals surface area contributed by atoms with Crippen molar-refractivity contribution in [1.82, 2.24) is 15.2 Å². The lowest BCUT2D eigenvalue weighted by Gasteiger charge is -2.27. The molecule has 2 unspecified atom stereocenters. The average molecular weight is 274 g/mol. The summed E-state index contributed by atoms with van der Waals surface area (Å²) in [5, 5.41) is 3.24. The third kappa shape index (κ3) is 2.81. The number of hydrogen-bond donors (Lipinski definition) is 1. The van der Waals surface area contributed by atoms with E-state index in [0.29, 0.717) is 6.04 Å². The Bertz CT molecular complexity index is 431. The molecule has 3 heterocycles. The Kier molecular flexibility index (Phi) is 4.22. The molecule has 0 spiro atoms. The normalized spacial score (nSPS) is 25.3. The largest absolute Gasteiger partial charge is 0.369 e. The van der Waals surface area contributed by atoms with Crippen molar-refractivity contribution in [2.45, 2.75) is 38.3 Å². The van der Waals surface area contributed by atoms with Gasteiger partial charge < -0.3 is 10.2 Å². The highest BCUT2D eigenvalue weighted by molar-refractivity contribution is 5.45. The van der Waals surface area contributed by atoms with Crippen LogP contribution in [0.25, 0.3) is 0 Å². The molecule has 4 nitrogen and oxygen atoms in total. The number of nitrogens with zero attached hydrogens (tertiary/aromatic N) is 3. The number of hydrogen-bond acceptors (Lipinski definition) is 4. The van der Waals surface area contributed by atoms with Crippen LogP contribution in [0.5, 0.6) is 0 Å². The fourth-order valence-corrected chi connectivity index (χ4v) is 3.43. The number of pyridine rings is 1. The van der Waals surface area contributed by atoms with Crippen molar-refractivity contribution in [3.05, 3.63) is 24.0 Å². The third-order valence-electron chi connectivity index (χ3n) is 4.82. The lowest BCUT2D eigenvalue weighted by atomic mass is 10.2. The number of rotatable bonds is 3. The zero-order valence-corrected chi connectivity index (χ0v) is 12.7. The number of anilines is 1. The van der Waals surface area contributed by atoms with Crippen molar-refractivity contribution in [3.63, 3.8) is 0 Å². The Hall–Kier alpha value is -1.13. The smallest absolute Gasteiger partial charge is 0.0571 e. The average Bonchev–Trinajstić information content (AvgIpc) is 2.83. The molecule has 0 amide bonds. The number of aromatic nitrogens is 1. The first-order valence-corrected chi connectivity index (χ1v) is 7.90. The minimum atomic E-state index is 0.318. The first-order chi connectivity index (χ1) is 9.78. The molecule has 1 aromatic heterocycles. The van der Waals surface area contributed by atoms with Gasteiger partial charge in [0.05, 0.1) is 17.6 Å². The first kappa shape index (κ1) is 13.8. The summed E-state index contributed by atoms with van der Waals surface area (Å²) in [5.74, 6) is 0. The van der Waals surface area contributed by atoms with Crippen molar-refractivity contribution >= 4 is 5.69 Å². The van der Waals surface area contributed by atoms with Gasteiger partial charge in [0.15, 0.2) is 0 Å². The molecule has 2 aliphatic heterocycles. The molecule has 2 atom stereocenters. The SMILES string of the molecule is CNC(C)c1ccc(N2CCCN3CCCC3C2)cn1. The Labute approximate surface area is 122 Å². The fraction of sp³-hybridized carbons (Fsp3) is 0.688. The van der Waals surface area contributed by atoms with Crippen molar-refractivity contribution < 1.29 is 0 Å². The molecule has 1 aromatic rings. The number of nitrogens with one attached hydrogen (secondary N) is 1. The highest BCUT2D eigenvalue weighted by Crippen LogP contribution is 2.25. The molecule has 1 N–H and O–H groups in total. The fourth-order valence-electron chi connectivity index (χ4n) is 3.43. The van der Waals surface area contributed by atoms with E-state index >= 15 is 0 Å². The van der Waals surface area contributed by atoms with Crippen molar-refractivity contribution in [1.29, 1.82) is 0 Å². The van der Waals surface area contributed by atoms with Gasteiger partial charge in [-0.3, -0.25) is 9.88 Å². The Balaban J connectivity index is 1.71. The summed E-state index contributed by atoms with van der Waals surface area (Å²) in [7, 11) is 1.98. The first-order valence-electron chi connectivity index (χ1n) is 7.90. The third-order valence-corrected chi connectivity index (χ3v) is 4.82. The molecular weight excluding hydrogens is 248 g/mol. The molecule has 110 valence electrons. The Morgan fingerprint density at radius 2 is 2.10 bits per heavy atom. The molecule has 2 fully saturated rings. The molecule has 0 aromatic carbocycles. The second kappa shape index (κ2) is 6.10. The van der Waals surface area contributed by atoms with E-state index in [0.717, 1.165) is 18.3 Å². The molecule has 4 heteroatoms. The minimum absolute atomic E-state index is 0.318. The molecule has 2 saturated heterocycles. The highest BCUT2D eigenvalue weighted by Gasteiger charge is 2.28. The molecule has 0 saturated carbocycles. The molecule has 0 bridgehead atoms. The van der Waals surface area contributed by atoms with E-state index in [1.165, 1.54) is 44.6 Å². The van der Waals surface area contributed by atoms with Crippen LogP contribution in [0.1, 0.15) is 37.9 Å². The van der Waals surface area contributed by atoms with Gasteiger partial charge in [0.1, 0.15) is 0 Å². The predicted octanol–water partition coefficient (Wildman–Crippen LogP) is 2.04. The zero-order chi connectivity index (χ0) is 13.9. The zero-order valence-electron chi connectivity index (χ0n) is 12.7. The van der Waals surface area contributed by atoms with Gasteiger partial charge >= 0.3 is 0 Å². The topological polar surface area (TPSA) is 31.4 Å². The summed E-state index contributed by atoms with van der Waals surface area (Å²) in [5.41, 5.74) is 2.40. The molecule has 3 rings (SSSR count). The standard InChI is InChI=1S/C16H26N4/c1-13(17-2)16-7-6-14(11-18-16)20-10-4-9-19-8-3-5-15(19)12-20/h6-7,11,13,15,17H,3-5,8-10,12H2,1-2H3. The summed E-state index contributed by atoms with van der Waals surface area (Å²) in [6.07, 6.45) is 6.05. The van der Waals surface area contributed by atoms with Crippen LogP contribution in [0, 0.1) is 0 Å². The van der Waals surface area contributed by atoms with Crippen LogP contribution < -0.4 is 10.2 Å². The monoisotopic (exact) mass is 274 g/mol. The lowest BCUT2D eigenvalue weighted by molar-refractivity contribution is 0.273. The summed E-state index contributed by atoms with van der Waals surface area (Å²) in [6.45, 7) is 7.04. The lowest BCUT2D eigenvalue weighted by Crippen LogP contribution is -2.36. The van der Waals surface area contributed by atoms with Gasteiger partial charge in [0, 0.05) is 31.7 Å². The van der Waals surface area contributed by atoms with Gasteiger partial charge in [-0.05, 0) is 51.9 Å². The van der Waals surface area contributed by atoms with Crippen LogP contribution in [-0.4, -0.2) is 49.2 Å². The van der Waals surface area contributed by atoms with E-state index in [9.17, 15) is 0 Å². The Morgan fingerprint density at radius 1 is 1.25 bits per heavy atom. The minimum Gasteiger partial charge on any atom is -0.369 e. The van der Waals surface area contributed by atoms with Crippen molar-refractivity contribution in [2.75, 3.05) is 38.1 Å². The maximum atomic E-state index is 4.62. The van der Waals surface area contributed by atoms with Gasteiger partial charge in [-0.1, -0.05) is 0 Å². The molecule has 20 heavy (non-hydrogen) atoms. The van der Waals surface area contributed by atoms with E-state index in [1.807, 2.05) is 13.2 Å². The summed E-state index contributed by atoms with van der Waals surface area (Å²) in [4.78, 5) is 9.82. The summed E-state index contributed by atoms with van der Waals surface area (Å²) < 4.78 is 0. The van der Waals surface area contributed by atoms with Gasteiger partial charge in [0.25, 0.3) is 0 Å². The quantitative estimate of drug-likeness (QED) is 0.914. The maximum absolute atomic E-state index is 4.62. The van der Waals surface area contributed by atoms with E-state index in [4.69, 9.17) is 0 Å². The van der Waals surface area contributed by atoms with E-state index in [-0.39, 0.29) is 0 Å². The van der Waals surface area contributed by atoms with E-state index < -0.39 is 0 Å². The Morgan fingerprint density at radius 3 is 2.85 bits per heavy atom. The van der Waals surface area contributed by atoms with E-state index in [2.05, 4.69) is 39.2 Å². The molecule has 2 aliphatic rings. The van der Waals surface area contributed by atoms with Gasteiger partial charge in [-0.2, -0.15) is 0 Å². The maximum Gasteiger partial charge on any atom is 0.0571 e. The van der Waals surface area contributed by atoms with Gasteiger partial charge in [0.2, 0.25) is 0 Å². The molecular formula is C16H26N4. The van der Waals surface area contributed by atoms with Crippen molar-refractivity contribution in [3.8, 4) is 0 Å². The summed E-state index contributed by atoms with van der Waals surface area (Å²) in [6, 6.07) is 5.47. The molecule has 0 aliphatic carbocycles. The van der Waals surface area contributed by atoms with Crippen LogP contribution in [0.2, 0.25) is 0 Å². The van der Waals surface area contributed by atoms with Crippen molar-refractivity contribution in [2.24, 2.45) is 0 Å². The van der Waals surface area contributed by atoms with Gasteiger partial charge in [-0.15, -0.1) is 0 Å². The van der Waals surface area contributed by atoms with Crippen LogP contribution in [-0.2, 0) is 0 Å². The predicted molar refractivity (Wildman–Crippen MR) is 83.1 cm³/mol. The van der Waals surface area contributed by atoms with Crippen LogP contribution in [0.3, 0.4) is 0 Å². The van der Waals surface area contributed by atoms with Crippen LogP contribution in [0.4, 0.5) is 5.69 Å². The second-order valence-electron chi connectivity index (χ2n) is 6.08. The highest BCUT2D eigenvalue weighted by atomic mass is 15.3. The molecule has 0 radical (unpaired) electrons. The van der Waals surface area contributed by atoms with Crippen LogP contribution >= 0.6 is 0 Å². The summed E-state index contributed by atoms with van der Waals surface area (Å²) >= 11 is 0. The van der Waals surface area contributed by atoms with Crippen LogP contribution in [0.15, 0.2) is 18.3 Å². The number of fused-ring (bicyclic) bond motifs is 1. The van der Waals surface area contributed by atoms with E-state index in [1.54, 1.807) is 0 Å². The van der Waals surface area contributed by atoms with Gasteiger partial charge in [-0.25, -0.2) is 0 Å².